The fraction of sp³-hybridized carbons (Fsp3) is 0.238. The first kappa shape index (κ1) is 15.3. The van der Waals surface area contributed by atoms with Crippen LogP contribution in [0.4, 0.5) is 5.69 Å². The average molecular weight is 343 g/mol. The first-order valence-corrected chi connectivity index (χ1v) is 9.18. The summed E-state index contributed by atoms with van der Waals surface area (Å²) in [5.74, 6) is 0.857. The van der Waals surface area contributed by atoms with Crippen LogP contribution in [0.3, 0.4) is 0 Å². The monoisotopic (exact) mass is 343 g/mol. The maximum absolute atomic E-state index is 4.79. The molecular formula is C21H21N5. The maximum atomic E-state index is 4.79. The van der Waals surface area contributed by atoms with E-state index in [1.165, 1.54) is 12.8 Å². The third-order valence-electron chi connectivity index (χ3n) is 5.07. The third-order valence-corrected chi connectivity index (χ3v) is 5.07. The van der Waals surface area contributed by atoms with E-state index in [4.69, 9.17) is 4.98 Å². The van der Waals surface area contributed by atoms with Gasteiger partial charge < -0.3 is 15.6 Å². The second-order valence-electron chi connectivity index (χ2n) is 6.85. The molecule has 5 heteroatoms. The molecule has 2 aromatic heterocycles. The lowest BCUT2D eigenvalue weighted by atomic mass is 10.0. The Hall–Kier alpha value is -2.92. The van der Waals surface area contributed by atoms with Gasteiger partial charge in [-0.25, -0.2) is 4.98 Å². The minimum Gasteiger partial charge on any atom is -0.380 e. The number of pyridine rings is 1. The summed E-state index contributed by atoms with van der Waals surface area (Å²) in [7, 11) is 0. The van der Waals surface area contributed by atoms with Crippen LogP contribution in [0.1, 0.15) is 12.8 Å². The Morgan fingerprint density at radius 2 is 1.85 bits per heavy atom. The molecule has 5 rings (SSSR count). The number of rotatable bonds is 3. The highest BCUT2D eigenvalue weighted by atomic mass is 15.0. The van der Waals surface area contributed by atoms with Crippen LogP contribution in [0.2, 0.25) is 0 Å². The van der Waals surface area contributed by atoms with Crippen molar-refractivity contribution in [3.05, 3.63) is 54.7 Å². The van der Waals surface area contributed by atoms with Gasteiger partial charge >= 0.3 is 0 Å². The second kappa shape index (κ2) is 6.42. The topological polar surface area (TPSA) is 65.6 Å². The molecule has 4 aromatic rings. The zero-order chi connectivity index (χ0) is 17.3. The van der Waals surface area contributed by atoms with Crippen LogP contribution in [0.15, 0.2) is 54.7 Å². The van der Waals surface area contributed by atoms with Gasteiger partial charge in [-0.1, -0.05) is 30.3 Å². The van der Waals surface area contributed by atoms with Crippen LogP contribution >= 0.6 is 0 Å². The number of benzene rings is 2. The number of para-hydroxylation sites is 3. The summed E-state index contributed by atoms with van der Waals surface area (Å²) < 4.78 is 0. The van der Waals surface area contributed by atoms with Gasteiger partial charge in [-0.05, 0) is 37.6 Å². The predicted octanol–water partition coefficient (Wildman–Crippen LogP) is 3.94. The van der Waals surface area contributed by atoms with Gasteiger partial charge in [0, 0.05) is 24.2 Å². The predicted molar refractivity (Wildman–Crippen MR) is 106 cm³/mol. The number of fused-ring (bicyclic) bond motifs is 2. The summed E-state index contributed by atoms with van der Waals surface area (Å²) in [4.78, 5) is 12.9. The van der Waals surface area contributed by atoms with E-state index in [1.54, 1.807) is 0 Å². The quantitative estimate of drug-likeness (QED) is 0.527. The first-order valence-electron chi connectivity index (χ1n) is 9.18. The maximum Gasteiger partial charge on any atom is 0.142 e. The molecule has 3 heterocycles. The van der Waals surface area contributed by atoms with E-state index in [0.29, 0.717) is 6.04 Å². The SMILES string of the molecule is c1ccc2[nH]c(-c3cnc4ccccc4c3NC3CCCNC3)nc2c1. The molecular weight excluding hydrogens is 322 g/mol. The molecule has 1 fully saturated rings. The van der Waals surface area contributed by atoms with Gasteiger partial charge in [0.25, 0.3) is 0 Å². The van der Waals surface area contributed by atoms with Crippen LogP contribution in [0, 0.1) is 0 Å². The minimum atomic E-state index is 0.415. The van der Waals surface area contributed by atoms with Crippen molar-refractivity contribution in [3.8, 4) is 11.4 Å². The summed E-state index contributed by atoms with van der Waals surface area (Å²) >= 11 is 0. The number of nitrogens with one attached hydrogen (secondary N) is 3. The van der Waals surface area contributed by atoms with Crippen molar-refractivity contribution >= 4 is 27.6 Å². The molecule has 26 heavy (non-hydrogen) atoms. The largest absolute Gasteiger partial charge is 0.380 e. The van der Waals surface area contributed by atoms with Gasteiger partial charge in [-0.3, -0.25) is 4.98 Å². The van der Waals surface area contributed by atoms with Gasteiger partial charge in [-0.2, -0.15) is 0 Å². The van der Waals surface area contributed by atoms with Crippen LogP contribution in [-0.4, -0.2) is 34.1 Å². The van der Waals surface area contributed by atoms with Crippen LogP contribution in [0.5, 0.6) is 0 Å². The van der Waals surface area contributed by atoms with Gasteiger partial charge in [0.05, 0.1) is 27.8 Å². The Kier molecular flexibility index (Phi) is 3.79. The highest BCUT2D eigenvalue weighted by molar-refractivity contribution is 5.99. The van der Waals surface area contributed by atoms with Crippen molar-refractivity contribution in [1.29, 1.82) is 0 Å². The number of hydrogen-bond donors (Lipinski definition) is 3. The van der Waals surface area contributed by atoms with E-state index in [0.717, 1.165) is 52.1 Å². The van der Waals surface area contributed by atoms with E-state index >= 15 is 0 Å². The van der Waals surface area contributed by atoms with Gasteiger partial charge in [0.2, 0.25) is 0 Å². The lowest BCUT2D eigenvalue weighted by molar-refractivity contribution is 0.480. The van der Waals surface area contributed by atoms with Crippen molar-refractivity contribution in [2.24, 2.45) is 0 Å². The molecule has 2 aromatic carbocycles. The Balaban J connectivity index is 1.66. The Morgan fingerprint density at radius 3 is 2.69 bits per heavy atom. The van der Waals surface area contributed by atoms with Crippen molar-refractivity contribution in [3.63, 3.8) is 0 Å². The van der Waals surface area contributed by atoms with Crippen molar-refractivity contribution in [1.82, 2.24) is 20.3 Å². The Bertz CT molecular complexity index is 1030. The zero-order valence-electron chi connectivity index (χ0n) is 14.5. The zero-order valence-corrected chi connectivity index (χ0v) is 14.5. The fourth-order valence-electron chi connectivity index (χ4n) is 3.74. The molecule has 1 unspecified atom stereocenters. The second-order valence-corrected chi connectivity index (χ2v) is 6.85. The first-order chi connectivity index (χ1) is 12.9. The van der Waals surface area contributed by atoms with Crippen LogP contribution in [-0.2, 0) is 0 Å². The molecule has 1 atom stereocenters. The fourth-order valence-corrected chi connectivity index (χ4v) is 3.74. The molecule has 0 bridgehead atoms. The van der Waals surface area contributed by atoms with E-state index in [2.05, 4.69) is 44.9 Å². The number of aromatic amines is 1. The van der Waals surface area contributed by atoms with Crippen molar-refractivity contribution in [2.45, 2.75) is 18.9 Å². The number of anilines is 1. The molecule has 5 nitrogen and oxygen atoms in total. The molecule has 1 aliphatic rings. The number of piperidine rings is 1. The summed E-state index contributed by atoms with van der Waals surface area (Å²) in [6, 6.07) is 16.8. The lowest BCUT2D eigenvalue weighted by Crippen LogP contribution is -2.38. The minimum absolute atomic E-state index is 0.415. The van der Waals surface area contributed by atoms with Gasteiger partial charge in [0.1, 0.15) is 5.82 Å². The Morgan fingerprint density at radius 1 is 1.00 bits per heavy atom. The average Bonchev–Trinajstić information content (AvgIpc) is 3.13. The van der Waals surface area contributed by atoms with Gasteiger partial charge in [0.15, 0.2) is 0 Å². The normalized spacial score (nSPS) is 17.6. The van der Waals surface area contributed by atoms with Crippen molar-refractivity contribution in [2.75, 3.05) is 18.4 Å². The number of H-pyrrole nitrogens is 1. The standard InChI is InChI=1S/C21H21N5/c1-2-8-17-15(7-1)20(24-14-6-5-11-22-12-14)16(13-23-17)21-25-18-9-3-4-10-19(18)26-21/h1-4,7-10,13-14,22H,5-6,11-12H2,(H,23,24)(H,25,26). The highest BCUT2D eigenvalue weighted by Crippen LogP contribution is 2.34. The summed E-state index contributed by atoms with van der Waals surface area (Å²) in [5.41, 5.74) is 5.15. The molecule has 0 amide bonds. The van der Waals surface area contributed by atoms with E-state index in [9.17, 15) is 0 Å². The van der Waals surface area contributed by atoms with E-state index < -0.39 is 0 Å². The van der Waals surface area contributed by atoms with Gasteiger partial charge in [-0.15, -0.1) is 0 Å². The molecule has 0 spiro atoms. The third kappa shape index (κ3) is 2.70. The summed E-state index contributed by atoms with van der Waals surface area (Å²) in [5, 5.41) is 8.39. The number of nitrogens with zero attached hydrogens (tertiary/aromatic N) is 2. The molecule has 0 radical (unpaired) electrons. The molecule has 1 saturated heterocycles. The summed E-state index contributed by atoms with van der Waals surface area (Å²) in [6.07, 6.45) is 4.29. The molecule has 0 aliphatic carbocycles. The summed E-state index contributed by atoms with van der Waals surface area (Å²) in [6.45, 7) is 2.09. The number of imidazole rings is 1. The van der Waals surface area contributed by atoms with Crippen molar-refractivity contribution < 1.29 is 0 Å². The molecule has 0 saturated carbocycles. The highest BCUT2D eigenvalue weighted by Gasteiger charge is 2.19. The van der Waals surface area contributed by atoms with Crippen LogP contribution in [0.25, 0.3) is 33.3 Å². The van der Waals surface area contributed by atoms with E-state index in [-0.39, 0.29) is 0 Å². The molecule has 1 aliphatic heterocycles. The number of aromatic nitrogens is 3. The molecule has 3 N–H and O–H groups in total. The van der Waals surface area contributed by atoms with Crippen LogP contribution < -0.4 is 10.6 Å². The van der Waals surface area contributed by atoms with E-state index in [1.807, 2.05) is 30.5 Å². The number of hydrogen-bond acceptors (Lipinski definition) is 4. The lowest BCUT2D eigenvalue weighted by Gasteiger charge is -2.26. The Labute approximate surface area is 151 Å². The smallest absolute Gasteiger partial charge is 0.142 e. The molecule has 130 valence electrons.